The Morgan fingerprint density at radius 1 is 1.26 bits per heavy atom. The fourth-order valence-electron chi connectivity index (χ4n) is 5.41. The van der Waals surface area contributed by atoms with Crippen LogP contribution in [0.3, 0.4) is 0 Å². The molecular formula is C23H36N4O4. The van der Waals surface area contributed by atoms with Crippen molar-refractivity contribution < 1.29 is 19.8 Å². The number of carbonyl (C=O) groups is 2. The van der Waals surface area contributed by atoms with Crippen molar-refractivity contribution in [2.45, 2.75) is 56.6 Å². The molecular weight excluding hydrogens is 396 g/mol. The molecule has 0 spiro atoms. The van der Waals surface area contributed by atoms with Gasteiger partial charge in [0.05, 0.1) is 5.60 Å². The van der Waals surface area contributed by atoms with Gasteiger partial charge in [-0.25, -0.2) is 4.79 Å². The van der Waals surface area contributed by atoms with Gasteiger partial charge in [-0.2, -0.15) is 0 Å². The van der Waals surface area contributed by atoms with Gasteiger partial charge in [-0.1, -0.05) is 6.07 Å². The SMILES string of the molecule is Cc1ccc(O)cc1[C@]12CCN(CCN(C)C)[C@H](C)[C@]1(O)CCCNC(=O)NC(=O)C2. The number of fused-ring (bicyclic) bond motifs is 1. The molecule has 4 N–H and O–H groups in total. The van der Waals surface area contributed by atoms with Gasteiger partial charge in [-0.15, -0.1) is 0 Å². The number of carbonyl (C=O) groups excluding carboxylic acids is 2. The fraction of sp³-hybridized carbons (Fsp3) is 0.652. The predicted octanol–water partition coefficient (Wildman–Crippen LogP) is 1.34. The van der Waals surface area contributed by atoms with E-state index in [2.05, 4.69) is 20.4 Å². The summed E-state index contributed by atoms with van der Waals surface area (Å²) >= 11 is 0. The van der Waals surface area contributed by atoms with Crippen LogP contribution in [0.4, 0.5) is 4.79 Å². The number of nitrogens with one attached hydrogen (secondary N) is 2. The van der Waals surface area contributed by atoms with Gasteiger partial charge in [0.1, 0.15) is 5.75 Å². The average Bonchev–Trinajstić information content (AvgIpc) is 2.70. The number of benzene rings is 1. The average molecular weight is 433 g/mol. The molecule has 0 unspecified atom stereocenters. The lowest BCUT2D eigenvalue weighted by Crippen LogP contribution is -2.69. The third-order valence-electron chi connectivity index (χ3n) is 7.20. The van der Waals surface area contributed by atoms with Gasteiger partial charge in [0.2, 0.25) is 5.91 Å². The molecule has 0 radical (unpaired) electrons. The largest absolute Gasteiger partial charge is 0.508 e. The first-order chi connectivity index (χ1) is 14.6. The highest BCUT2D eigenvalue weighted by Crippen LogP contribution is 2.51. The summed E-state index contributed by atoms with van der Waals surface area (Å²) in [5.41, 5.74) is -0.425. The van der Waals surface area contributed by atoms with Crippen LogP contribution >= 0.6 is 0 Å². The zero-order valence-electron chi connectivity index (χ0n) is 19.1. The van der Waals surface area contributed by atoms with Crippen molar-refractivity contribution in [2.24, 2.45) is 0 Å². The van der Waals surface area contributed by atoms with Gasteiger partial charge in [0, 0.05) is 37.5 Å². The van der Waals surface area contributed by atoms with Crippen LogP contribution < -0.4 is 10.6 Å². The molecule has 3 amide bonds. The van der Waals surface area contributed by atoms with Crippen LogP contribution in [0.5, 0.6) is 5.75 Å². The van der Waals surface area contributed by atoms with Gasteiger partial charge < -0.3 is 20.4 Å². The molecule has 1 aromatic carbocycles. The molecule has 0 aliphatic carbocycles. The number of nitrogens with zero attached hydrogens (tertiary/aromatic N) is 2. The van der Waals surface area contributed by atoms with Crippen molar-refractivity contribution in [2.75, 3.05) is 40.3 Å². The standard InChI is InChI=1S/C23H36N4O4/c1-16-6-7-18(28)14-19(16)22-9-11-27(13-12-26(3)4)17(2)23(22,31)8-5-10-24-21(30)25-20(29)15-22/h6-7,14,17,28,31H,5,8-13,15H2,1-4H3,(H2,24,25,29,30)/t17-,22-,23-/m1/s1. The number of urea groups is 1. The number of likely N-dealkylation sites (N-methyl/N-ethyl adjacent to an activating group) is 1. The Balaban J connectivity index is 2.12. The Morgan fingerprint density at radius 2 is 2.00 bits per heavy atom. The van der Waals surface area contributed by atoms with Crippen LogP contribution in [0, 0.1) is 6.92 Å². The number of imide groups is 1. The molecule has 1 aromatic rings. The number of hydrogen-bond donors (Lipinski definition) is 4. The second-order valence-corrected chi connectivity index (χ2v) is 9.36. The minimum absolute atomic E-state index is 0.0208. The number of aryl methyl sites for hydroxylation is 1. The van der Waals surface area contributed by atoms with Crippen molar-refractivity contribution in [1.29, 1.82) is 0 Å². The highest BCUT2D eigenvalue weighted by atomic mass is 16.3. The number of rotatable bonds is 4. The lowest BCUT2D eigenvalue weighted by atomic mass is 9.56. The van der Waals surface area contributed by atoms with Crippen molar-refractivity contribution in [3.05, 3.63) is 29.3 Å². The Hall–Kier alpha value is -2.16. The van der Waals surface area contributed by atoms with Crippen LogP contribution in [0.1, 0.15) is 43.7 Å². The van der Waals surface area contributed by atoms with E-state index in [0.29, 0.717) is 32.4 Å². The molecule has 0 bridgehead atoms. The Labute approximate surface area is 184 Å². The maximum Gasteiger partial charge on any atom is 0.321 e. The molecule has 2 aliphatic heterocycles. The topological polar surface area (TPSA) is 105 Å². The second kappa shape index (κ2) is 9.14. The zero-order chi connectivity index (χ0) is 22.8. The number of likely N-dealkylation sites (tertiary alicyclic amines) is 1. The number of phenolic OH excluding ortho intramolecular Hbond substituents is 1. The van der Waals surface area contributed by atoms with E-state index < -0.39 is 23.0 Å². The number of hydrogen-bond acceptors (Lipinski definition) is 6. The van der Waals surface area contributed by atoms with E-state index in [1.165, 1.54) is 0 Å². The fourth-order valence-corrected chi connectivity index (χ4v) is 5.41. The first-order valence-corrected chi connectivity index (χ1v) is 11.1. The molecule has 172 valence electrons. The molecule has 8 heteroatoms. The van der Waals surface area contributed by atoms with Crippen LogP contribution in [0.15, 0.2) is 18.2 Å². The summed E-state index contributed by atoms with van der Waals surface area (Å²) in [7, 11) is 4.06. The summed E-state index contributed by atoms with van der Waals surface area (Å²) in [6.07, 6.45) is 1.56. The summed E-state index contributed by atoms with van der Waals surface area (Å²) in [6, 6.07) is 4.42. The molecule has 0 aromatic heterocycles. The summed E-state index contributed by atoms with van der Waals surface area (Å²) in [5.74, 6) is -0.315. The molecule has 2 fully saturated rings. The molecule has 0 saturated carbocycles. The molecule has 31 heavy (non-hydrogen) atoms. The number of piperidine rings is 1. The lowest BCUT2D eigenvalue weighted by Gasteiger charge is -2.58. The summed E-state index contributed by atoms with van der Waals surface area (Å²) in [6.45, 7) is 6.75. The molecule has 8 nitrogen and oxygen atoms in total. The summed E-state index contributed by atoms with van der Waals surface area (Å²) < 4.78 is 0. The van der Waals surface area contributed by atoms with E-state index >= 15 is 0 Å². The molecule has 2 saturated heterocycles. The van der Waals surface area contributed by atoms with E-state index in [-0.39, 0.29) is 18.2 Å². The lowest BCUT2D eigenvalue weighted by molar-refractivity contribution is -0.151. The van der Waals surface area contributed by atoms with E-state index in [0.717, 1.165) is 24.2 Å². The van der Waals surface area contributed by atoms with Crippen LogP contribution in [-0.2, 0) is 10.2 Å². The smallest absolute Gasteiger partial charge is 0.321 e. The summed E-state index contributed by atoms with van der Waals surface area (Å²) in [5, 5.41) is 27.8. The van der Waals surface area contributed by atoms with Crippen LogP contribution in [-0.4, -0.2) is 83.9 Å². The third-order valence-corrected chi connectivity index (χ3v) is 7.20. The first-order valence-electron chi connectivity index (χ1n) is 11.1. The van der Waals surface area contributed by atoms with Gasteiger partial charge >= 0.3 is 6.03 Å². The first kappa shape index (κ1) is 23.5. The van der Waals surface area contributed by atoms with Crippen molar-refractivity contribution in [1.82, 2.24) is 20.4 Å². The molecule has 2 heterocycles. The van der Waals surface area contributed by atoms with E-state index in [9.17, 15) is 19.8 Å². The number of phenols is 1. The van der Waals surface area contributed by atoms with Crippen molar-refractivity contribution >= 4 is 11.9 Å². The maximum absolute atomic E-state index is 12.9. The summed E-state index contributed by atoms with van der Waals surface area (Å²) in [4.78, 5) is 29.4. The van der Waals surface area contributed by atoms with Gasteiger partial charge in [0.15, 0.2) is 0 Å². The van der Waals surface area contributed by atoms with Gasteiger partial charge in [-0.3, -0.25) is 15.0 Å². The number of aliphatic hydroxyl groups is 1. The Bertz CT molecular complexity index is 830. The van der Waals surface area contributed by atoms with Gasteiger partial charge in [0.25, 0.3) is 0 Å². The highest BCUT2D eigenvalue weighted by Gasteiger charge is 2.59. The highest BCUT2D eigenvalue weighted by molar-refractivity contribution is 5.95. The Morgan fingerprint density at radius 3 is 2.71 bits per heavy atom. The Kier molecular flexibility index (Phi) is 6.93. The van der Waals surface area contributed by atoms with Crippen molar-refractivity contribution in [3.63, 3.8) is 0 Å². The monoisotopic (exact) mass is 432 g/mol. The van der Waals surface area contributed by atoms with Gasteiger partial charge in [-0.05, 0) is 77.0 Å². The normalized spacial score (nSPS) is 30.5. The van der Waals surface area contributed by atoms with E-state index in [1.807, 2.05) is 34.0 Å². The molecule has 3 rings (SSSR count). The van der Waals surface area contributed by atoms with Crippen LogP contribution in [0.2, 0.25) is 0 Å². The molecule has 3 atom stereocenters. The third kappa shape index (κ3) is 4.56. The van der Waals surface area contributed by atoms with Crippen molar-refractivity contribution in [3.8, 4) is 5.75 Å². The second-order valence-electron chi connectivity index (χ2n) is 9.36. The number of amides is 3. The van der Waals surface area contributed by atoms with E-state index in [4.69, 9.17) is 0 Å². The van der Waals surface area contributed by atoms with E-state index in [1.54, 1.807) is 12.1 Å². The zero-order valence-corrected chi connectivity index (χ0v) is 19.1. The van der Waals surface area contributed by atoms with Crippen LogP contribution in [0.25, 0.3) is 0 Å². The maximum atomic E-state index is 12.9. The molecule has 2 aliphatic rings. The minimum atomic E-state index is -1.21. The quantitative estimate of drug-likeness (QED) is 0.572. The number of aromatic hydroxyl groups is 1. The minimum Gasteiger partial charge on any atom is -0.508 e. The predicted molar refractivity (Wildman–Crippen MR) is 119 cm³/mol.